The standard InChI is InChI=1S/C21H37B2N3O2/c1-22-26-12-11-25(13-18(26)27)21-14-20(15-21,16-21)24-19(28)23-17-9-7-5-3-2-4-6-8-10-17/h17,22-23H,2-16H2,1H3,(H,24,28). The Kier molecular flexibility index (Phi) is 6.10. The molecule has 1 aliphatic heterocycles. The third-order valence-corrected chi connectivity index (χ3v) is 7.98. The smallest absolute Gasteiger partial charge is 0.237 e. The van der Waals surface area contributed by atoms with E-state index in [1.165, 1.54) is 57.8 Å². The largest absolute Gasteiger partial charge is 0.388 e. The summed E-state index contributed by atoms with van der Waals surface area (Å²) in [6, 6.07) is 0. The molecule has 0 radical (unpaired) electrons. The lowest BCUT2D eigenvalue weighted by molar-refractivity contribution is -0.184. The van der Waals surface area contributed by atoms with Crippen LogP contribution >= 0.6 is 0 Å². The van der Waals surface area contributed by atoms with E-state index in [4.69, 9.17) is 0 Å². The molecule has 5 nitrogen and oxygen atoms in total. The molecule has 0 atom stereocenters. The molecule has 7 heteroatoms. The molecule has 0 unspecified atom stereocenters. The van der Waals surface area contributed by atoms with Crippen LogP contribution in [-0.4, -0.2) is 66.8 Å². The van der Waals surface area contributed by atoms with Crippen molar-refractivity contribution < 1.29 is 9.59 Å². The Morgan fingerprint density at radius 1 is 1.00 bits per heavy atom. The molecule has 2 bridgehead atoms. The van der Waals surface area contributed by atoms with Gasteiger partial charge in [0, 0.05) is 24.2 Å². The minimum absolute atomic E-state index is 0.0536. The summed E-state index contributed by atoms with van der Waals surface area (Å²) in [6.45, 7) is 4.47. The number of carbonyl (C=O) groups excluding carboxylic acids is 2. The van der Waals surface area contributed by atoms with Crippen molar-refractivity contribution in [2.75, 3.05) is 19.6 Å². The number of nitrogens with zero attached hydrogens (tertiary/aromatic N) is 2. The van der Waals surface area contributed by atoms with Crippen LogP contribution in [0, 0.1) is 0 Å². The Hall–Kier alpha value is -0.970. The molecule has 1 N–H and O–H groups in total. The second-order valence-corrected chi connectivity index (χ2v) is 10.1. The third-order valence-electron chi connectivity index (χ3n) is 7.98. The minimum atomic E-state index is 0.0536. The number of piperazine rings is 1. The molecule has 0 aromatic rings. The SMILES string of the molecule is CBN1CCN(C23CC(NC(=O)BC4CCCCCCCCC4)(C2)C3)CC1=O. The summed E-state index contributed by atoms with van der Waals surface area (Å²) in [5, 5.41) is 3.40. The topological polar surface area (TPSA) is 52.6 Å². The quantitative estimate of drug-likeness (QED) is 0.741. The lowest BCUT2D eigenvalue weighted by atomic mass is 9.42. The Morgan fingerprint density at radius 3 is 2.18 bits per heavy atom. The molecule has 1 heterocycles. The van der Waals surface area contributed by atoms with Gasteiger partial charge in [0.15, 0.2) is 5.81 Å². The Labute approximate surface area is 171 Å². The zero-order valence-corrected chi connectivity index (χ0v) is 17.8. The summed E-state index contributed by atoms with van der Waals surface area (Å²) in [6.07, 6.45) is 15.0. The summed E-state index contributed by atoms with van der Waals surface area (Å²) in [4.78, 5) is 29.3. The van der Waals surface area contributed by atoms with Gasteiger partial charge in [0.25, 0.3) is 0 Å². The number of amides is 2. The molecule has 0 aromatic carbocycles. The highest BCUT2D eigenvalue weighted by Gasteiger charge is 2.71. The van der Waals surface area contributed by atoms with Crippen LogP contribution in [0.2, 0.25) is 12.6 Å². The van der Waals surface area contributed by atoms with Gasteiger partial charge in [-0.2, -0.15) is 0 Å². The third kappa shape index (κ3) is 4.15. The van der Waals surface area contributed by atoms with Crippen molar-refractivity contribution in [2.45, 2.75) is 101 Å². The molecular weight excluding hydrogens is 348 g/mol. The highest BCUT2D eigenvalue weighted by molar-refractivity contribution is 6.74. The van der Waals surface area contributed by atoms with Gasteiger partial charge in [-0.25, -0.2) is 0 Å². The Morgan fingerprint density at radius 2 is 1.61 bits per heavy atom. The van der Waals surface area contributed by atoms with Gasteiger partial charge >= 0.3 is 0 Å². The van der Waals surface area contributed by atoms with Crippen molar-refractivity contribution in [3.63, 3.8) is 0 Å². The molecular formula is C21H37B2N3O2. The van der Waals surface area contributed by atoms with Crippen LogP contribution in [0.5, 0.6) is 0 Å². The van der Waals surface area contributed by atoms with E-state index >= 15 is 0 Å². The minimum Gasteiger partial charge on any atom is -0.388 e. The van der Waals surface area contributed by atoms with Gasteiger partial charge < -0.3 is 10.1 Å². The van der Waals surface area contributed by atoms with E-state index in [1.807, 2.05) is 4.81 Å². The predicted molar refractivity (Wildman–Crippen MR) is 117 cm³/mol. The molecule has 5 rings (SSSR count). The fourth-order valence-corrected chi connectivity index (χ4v) is 6.36. The van der Waals surface area contributed by atoms with Gasteiger partial charge in [0.05, 0.1) is 6.54 Å². The van der Waals surface area contributed by atoms with E-state index in [1.54, 1.807) is 0 Å². The predicted octanol–water partition coefficient (Wildman–Crippen LogP) is 2.66. The maximum absolute atomic E-state index is 12.7. The van der Waals surface area contributed by atoms with E-state index in [0.29, 0.717) is 12.4 Å². The number of hydrogen-bond acceptors (Lipinski definition) is 3. The van der Waals surface area contributed by atoms with E-state index in [-0.39, 0.29) is 22.8 Å². The first kappa shape index (κ1) is 20.3. The zero-order valence-electron chi connectivity index (χ0n) is 17.8. The second-order valence-electron chi connectivity index (χ2n) is 10.1. The molecule has 4 aliphatic carbocycles. The van der Waals surface area contributed by atoms with Crippen molar-refractivity contribution in [3.05, 3.63) is 0 Å². The lowest BCUT2D eigenvalue weighted by Crippen LogP contribution is -2.85. The first-order valence-electron chi connectivity index (χ1n) is 11.9. The second kappa shape index (κ2) is 8.41. The van der Waals surface area contributed by atoms with E-state index in [9.17, 15) is 9.59 Å². The van der Waals surface area contributed by atoms with Crippen LogP contribution in [0.25, 0.3) is 0 Å². The first-order chi connectivity index (χ1) is 13.5. The molecule has 5 fully saturated rings. The van der Waals surface area contributed by atoms with Crippen molar-refractivity contribution in [2.24, 2.45) is 0 Å². The van der Waals surface area contributed by atoms with Crippen molar-refractivity contribution in [3.8, 4) is 0 Å². The molecule has 4 saturated carbocycles. The summed E-state index contributed by atoms with van der Waals surface area (Å²) in [7, 11) is 1.54. The van der Waals surface area contributed by atoms with Crippen LogP contribution in [-0.2, 0) is 4.79 Å². The normalized spacial score (nSPS) is 34.8. The fraction of sp³-hybridized carbons (Fsp3) is 0.905. The molecule has 154 valence electrons. The summed E-state index contributed by atoms with van der Waals surface area (Å²) in [5.41, 5.74) is 0.261. The van der Waals surface area contributed by atoms with Gasteiger partial charge in [-0.15, -0.1) is 0 Å². The van der Waals surface area contributed by atoms with Gasteiger partial charge in [-0.3, -0.25) is 14.5 Å². The first-order valence-corrected chi connectivity index (χ1v) is 11.9. The molecule has 0 spiro atoms. The van der Waals surface area contributed by atoms with Gasteiger partial charge in [0.1, 0.15) is 0 Å². The van der Waals surface area contributed by atoms with Gasteiger partial charge in [-0.1, -0.05) is 70.4 Å². The van der Waals surface area contributed by atoms with Crippen LogP contribution in [0.1, 0.15) is 77.0 Å². The Balaban J connectivity index is 1.21. The number of rotatable bonds is 5. The van der Waals surface area contributed by atoms with Crippen LogP contribution in [0.15, 0.2) is 0 Å². The zero-order chi connectivity index (χ0) is 19.6. The highest BCUT2D eigenvalue weighted by Crippen LogP contribution is 2.63. The Bertz CT molecular complexity index is 570. The monoisotopic (exact) mass is 385 g/mol. The summed E-state index contributed by atoms with van der Waals surface area (Å²) in [5.74, 6) is 1.13. The number of hydrogen-bond donors (Lipinski definition) is 1. The van der Waals surface area contributed by atoms with Gasteiger partial charge in [-0.05, 0) is 19.3 Å². The molecule has 0 aromatic heterocycles. The lowest BCUT2D eigenvalue weighted by Gasteiger charge is -2.74. The number of carbonyl (C=O) groups is 2. The van der Waals surface area contributed by atoms with Crippen LogP contribution < -0.4 is 5.32 Å². The van der Waals surface area contributed by atoms with Gasteiger partial charge in [0.2, 0.25) is 20.6 Å². The van der Waals surface area contributed by atoms with E-state index in [0.717, 1.165) is 47.0 Å². The summed E-state index contributed by atoms with van der Waals surface area (Å²) >= 11 is 0. The number of nitrogens with one attached hydrogen (secondary N) is 1. The molecule has 1 saturated heterocycles. The van der Waals surface area contributed by atoms with Crippen molar-refractivity contribution in [1.82, 2.24) is 15.0 Å². The summed E-state index contributed by atoms with van der Waals surface area (Å²) < 4.78 is 0. The van der Waals surface area contributed by atoms with Crippen molar-refractivity contribution >= 4 is 26.4 Å². The van der Waals surface area contributed by atoms with Crippen LogP contribution in [0.4, 0.5) is 4.79 Å². The highest BCUT2D eigenvalue weighted by atomic mass is 16.2. The maximum atomic E-state index is 12.7. The molecule has 28 heavy (non-hydrogen) atoms. The average molecular weight is 385 g/mol. The van der Waals surface area contributed by atoms with Crippen LogP contribution in [0.3, 0.4) is 0 Å². The fourth-order valence-electron chi connectivity index (χ4n) is 6.36. The maximum Gasteiger partial charge on any atom is 0.237 e. The van der Waals surface area contributed by atoms with Crippen molar-refractivity contribution in [1.29, 1.82) is 0 Å². The van der Waals surface area contributed by atoms with E-state index in [2.05, 4.69) is 17.0 Å². The average Bonchev–Trinajstić information content (AvgIpc) is 2.62. The molecule has 5 aliphatic rings. The molecule has 2 amide bonds. The van der Waals surface area contributed by atoms with E-state index < -0.39 is 0 Å².